The van der Waals surface area contributed by atoms with Crippen LogP contribution in [0.4, 0.5) is 4.39 Å². The first-order valence-corrected chi connectivity index (χ1v) is 7.09. The zero-order valence-electron chi connectivity index (χ0n) is 10.9. The van der Waals surface area contributed by atoms with E-state index in [1.807, 2.05) is 0 Å². The molecule has 0 spiro atoms. The number of rotatable bonds is 4. The molecule has 2 unspecified atom stereocenters. The Bertz CT molecular complexity index is 432. The van der Waals surface area contributed by atoms with Gasteiger partial charge in [0, 0.05) is 13.1 Å². The smallest absolute Gasteiger partial charge is 0.137 e. The van der Waals surface area contributed by atoms with Crippen molar-refractivity contribution in [3.05, 3.63) is 34.1 Å². The minimum absolute atomic E-state index is 0.0140. The molecule has 1 heterocycles. The van der Waals surface area contributed by atoms with Crippen LogP contribution in [0, 0.1) is 5.82 Å². The largest absolute Gasteiger partial charge is 0.374 e. The van der Waals surface area contributed by atoms with Crippen LogP contribution >= 0.6 is 15.9 Å². The summed E-state index contributed by atoms with van der Waals surface area (Å²) in [7, 11) is 2.07. The van der Waals surface area contributed by atoms with Crippen molar-refractivity contribution in [2.45, 2.75) is 18.6 Å². The van der Waals surface area contributed by atoms with Crippen molar-refractivity contribution in [1.82, 2.24) is 10.3 Å². The van der Waals surface area contributed by atoms with Crippen LogP contribution in [0.1, 0.15) is 5.56 Å². The Balaban J connectivity index is 2.03. The van der Waals surface area contributed by atoms with E-state index in [-0.39, 0.29) is 18.0 Å². The number of likely N-dealkylation sites (N-methyl/N-ethyl adjacent to an activating group) is 1. The van der Waals surface area contributed by atoms with Crippen LogP contribution in [0.25, 0.3) is 0 Å². The van der Waals surface area contributed by atoms with Crippen molar-refractivity contribution in [3.8, 4) is 0 Å². The van der Waals surface area contributed by atoms with E-state index >= 15 is 0 Å². The zero-order chi connectivity index (χ0) is 13.8. The molecule has 19 heavy (non-hydrogen) atoms. The Hall–Kier alpha value is -0.530. The van der Waals surface area contributed by atoms with Crippen molar-refractivity contribution in [3.63, 3.8) is 0 Å². The number of nitrogens with one attached hydrogen (secondary N) is 1. The van der Waals surface area contributed by atoms with E-state index in [1.165, 1.54) is 6.07 Å². The van der Waals surface area contributed by atoms with Crippen LogP contribution in [-0.4, -0.2) is 43.8 Å². The summed E-state index contributed by atoms with van der Waals surface area (Å²) in [6.07, 6.45) is 0.751. The SMILES string of the molecule is CN1CCOC(C(Cc2ccc(F)c(Br)c2)NN)C1. The van der Waals surface area contributed by atoms with E-state index in [2.05, 4.69) is 33.3 Å². The molecule has 106 valence electrons. The lowest BCUT2D eigenvalue weighted by Crippen LogP contribution is -2.54. The average molecular weight is 332 g/mol. The van der Waals surface area contributed by atoms with Crippen molar-refractivity contribution in [1.29, 1.82) is 0 Å². The minimum Gasteiger partial charge on any atom is -0.374 e. The number of halogens is 2. The second-order valence-electron chi connectivity index (χ2n) is 4.90. The summed E-state index contributed by atoms with van der Waals surface area (Å²) in [5.74, 6) is 5.38. The molecule has 1 saturated heterocycles. The normalized spacial score (nSPS) is 22.4. The van der Waals surface area contributed by atoms with Gasteiger partial charge in [0.15, 0.2) is 0 Å². The fourth-order valence-electron chi connectivity index (χ4n) is 2.27. The molecular formula is C13H19BrFN3O. The third-order valence-electron chi connectivity index (χ3n) is 3.40. The van der Waals surface area contributed by atoms with E-state index in [4.69, 9.17) is 10.6 Å². The topological polar surface area (TPSA) is 50.5 Å². The summed E-state index contributed by atoms with van der Waals surface area (Å²) in [4.78, 5) is 2.22. The Kier molecular flexibility index (Phi) is 5.29. The predicted octanol–water partition coefficient (Wildman–Crippen LogP) is 1.29. The van der Waals surface area contributed by atoms with Gasteiger partial charge in [-0.1, -0.05) is 6.07 Å². The van der Waals surface area contributed by atoms with E-state index in [9.17, 15) is 4.39 Å². The van der Waals surface area contributed by atoms with Crippen LogP contribution in [-0.2, 0) is 11.2 Å². The highest BCUT2D eigenvalue weighted by Crippen LogP contribution is 2.19. The molecule has 2 atom stereocenters. The average Bonchev–Trinajstić information content (AvgIpc) is 2.40. The molecule has 0 bridgehead atoms. The molecule has 0 amide bonds. The first kappa shape index (κ1) is 14.9. The van der Waals surface area contributed by atoms with Gasteiger partial charge in [-0.2, -0.15) is 0 Å². The van der Waals surface area contributed by atoms with Crippen LogP contribution in [0.15, 0.2) is 22.7 Å². The molecule has 1 aliphatic heterocycles. The monoisotopic (exact) mass is 331 g/mol. The molecular weight excluding hydrogens is 313 g/mol. The molecule has 6 heteroatoms. The zero-order valence-corrected chi connectivity index (χ0v) is 12.5. The second kappa shape index (κ2) is 6.76. The maximum Gasteiger partial charge on any atom is 0.137 e. The summed E-state index contributed by atoms with van der Waals surface area (Å²) in [5.41, 5.74) is 3.84. The molecule has 0 radical (unpaired) electrons. The van der Waals surface area contributed by atoms with Crippen LogP contribution < -0.4 is 11.3 Å². The van der Waals surface area contributed by atoms with E-state index in [1.54, 1.807) is 12.1 Å². The van der Waals surface area contributed by atoms with Crippen LogP contribution in [0.2, 0.25) is 0 Å². The van der Waals surface area contributed by atoms with Gasteiger partial charge in [-0.05, 0) is 47.1 Å². The van der Waals surface area contributed by atoms with Gasteiger partial charge < -0.3 is 9.64 Å². The molecule has 1 aromatic rings. The van der Waals surface area contributed by atoms with Gasteiger partial charge in [0.2, 0.25) is 0 Å². The maximum absolute atomic E-state index is 13.2. The number of hydrogen-bond donors (Lipinski definition) is 2. The van der Waals surface area contributed by atoms with Crippen molar-refractivity contribution in [2.75, 3.05) is 26.7 Å². The molecule has 2 rings (SSSR count). The number of hydrogen-bond acceptors (Lipinski definition) is 4. The second-order valence-corrected chi connectivity index (χ2v) is 5.75. The molecule has 1 aliphatic rings. The lowest BCUT2D eigenvalue weighted by atomic mass is 10.0. The number of nitrogens with zero attached hydrogens (tertiary/aromatic N) is 1. The molecule has 0 aromatic heterocycles. The van der Waals surface area contributed by atoms with Crippen molar-refractivity contribution in [2.24, 2.45) is 5.84 Å². The number of morpholine rings is 1. The van der Waals surface area contributed by atoms with Crippen molar-refractivity contribution < 1.29 is 9.13 Å². The Morgan fingerprint density at radius 3 is 3.05 bits per heavy atom. The van der Waals surface area contributed by atoms with E-state index in [0.29, 0.717) is 17.5 Å². The molecule has 0 saturated carbocycles. The van der Waals surface area contributed by atoms with Crippen molar-refractivity contribution >= 4 is 15.9 Å². The number of nitrogens with two attached hydrogens (primary N) is 1. The highest BCUT2D eigenvalue weighted by Gasteiger charge is 2.26. The fourth-order valence-corrected chi connectivity index (χ4v) is 2.70. The third-order valence-corrected chi connectivity index (χ3v) is 4.01. The summed E-state index contributed by atoms with van der Waals surface area (Å²) in [6.45, 7) is 2.50. The third kappa shape index (κ3) is 3.97. The fraction of sp³-hybridized carbons (Fsp3) is 0.538. The minimum atomic E-state index is -0.255. The Morgan fingerprint density at radius 2 is 2.42 bits per heavy atom. The van der Waals surface area contributed by atoms with E-state index in [0.717, 1.165) is 18.7 Å². The first-order chi connectivity index (χ1) is 9.10. The molecule has 1 aromatic carbocycles. The van der Waals surface area contributed by atoms with Gasteiger partial charge in [0.05, 0.1) is 23.2 Å². The van der Waals surface area contributed by atoms with Gasteiger partial charge in [-0.15, -0.1) is 0 Å². The standard InChI is InChI=1S/C13H19BrFN3O/c1-18-4-5-19-13(8-18)12(17-16)7-9-2-3-11(15)10(14)6-9/h2-3,6,12-13,17H,4-5,7-8,16H2,1H3. The highest BCUT2D eigenvalue weighted by atomic mass is 79.9. The van der Waals surface area contributed by atoms with Crippen LogP contribution in [0.5, 0.6) is 0 Å². The molecule has 0 aliphatic carbocycles. The quantitative estimate of drug-likeness (QED) is 0.645. The summed E-state index contributed by atoms with van der Waals surface area (Å²) < 4.78 is 19.4. The predicted molar refractivity (Wildman–Crippen MR) is 76.2 cm³/mol. The summed E-state index contributed by atoms with van der Waals surface area (Å²) >= 11 is 3.20. The van der Waals surface area contributed by atoms with Gasteiger partial charge in [0.25, 0.3) is 0 Å². The van der Waals surface area contributed by atoms with Gasteiger partial charge in [-0.25, -0.2) is 4.39 Å². The lowest BCUT2D eigenvalue weighted by molar-refractivity contribution is -0.0384. The Labute approximate surface area is 121 Å². The number of hydrazine groups is 1. The van der Waals surface area contributed by atoms with Gasteiger partial charge in [-0.3, -0.25) is 11.3 Å². The first-order valence-electron chi connectivity index (χ1n) is 6.30. The highest BCUT2D eigenvalue weighted by molar-refractivity contribution is 9.10. The number of benzene rings is 1. The summed E-state index contributed by atoms with van der Waals surface area (Å²) in [6, 6.07) is 5.03. The van der Waals surface area contributed by atoms with Gasteiger partial charge in [0.1, 0.15) is 5.82 Å². The lowest BCUT2D eigenvalue weighted by Gasteiger charge is -2.35. The van der Waals surface area contributed by atoms with Gasteiger partial charge >= 0.3 is 0 Å². The molecule has 1 fully saturated rings. The summed E-state index contributed by atoms with van der Waals surface area (Å²) in [5, 5.41) is 0. The molecule has 3 N–H and O–H groups in total. The van der Waals surface area contributed by atoms with Crippen LogP contribution in [0.3, 0.4) is 0 Å². The van der Waals surface area contributed by atoms with E-state index < -0.39 is 0 Å². The molecule has 4 nitrogen and oxygen atoms in total. The Morgan fingerprint density at radius 1 is 1.63 bits per heavy atom. The number of ether oxygens (including phenoxy) is 1. The maximum atomic E-state index is 13.2.